The quantitative estimate of drug-likeness (QED) is 0.537. The van der Waals surface area contributed by atoms with Crippen LogP contribution in [-0.4, -0.2) is 30.0 Å². The fraction of sp³-hybridized carbons (Fsp3) is 1.00. The number of fused-ring (bicyclic) bond motifs is 3. The Bertz CT molecular complexity index is 206. The molecule has 1 saturated carbocycles. The molecule has 0 atom stereocenters. The average Bonchev–Trinajstić information content (AvgIpc) is 2.03. The number of rotatable bonds is 0. The molecule has 2 nitrogen and oxygen atoms in total. The van der Waals surface area contributed by atoms with E-state index in [1.807, 2.05) is 0 Å². The highest BCUT2D eigenvalue weighted by atomic mass is 15.2. The minimum absolute atomic E-state index is 0.219. The van der Waals surface area contributed by atoms with Crippen molar-refractivity contribution in [3.05, 3.63) is 0 Å². The molecule has 0 unspecified atom stereocenters. The van der Waals surface area contributed by atoms with Crippen LogP contribution in [-0.2, 0) is 0 Å². The molecule has 0 amide bonds. The van der Waals surface area contributed by atoms with Crippen molar-refractivity contribution >= 4 is 0 Å². The van der Waals surface area contributed by atoms with Crippen molar-refractivity contribution in [3.63, 3.8) is 0 Å². The van der Waals surface area contributed by atoms with Crippen molar-refractivity contribution < 1.29 is 4.11 Å². The summed E-state index contributed by atoms with van der Waals surface area (Å²) in [6, 6.07) is 0.248. The lowest BCUT2D eigenvalue weighted by Crippen LogP contribution is -2.60. The molecule has 2 heterocycles. The molecular weight excluding hydrogens is 124 g/mol. The third kappa shape index (κ3) is 0.867. The Morgan fingerprint density at radius 2 is 2.30 bits per heavy atom. The van der Waals surface area contributed by atoms with Gasteiger partial charge in [-0.15, -0.1) is 0 Å². The van der Waals surface area contributed by atoms with E-state index in [2.05, 4.69) is 0 Å². The van der Waals surface area contributed by atoms with Crippen LogP contribution in [0.25, 0.3) is 0 Å². The summed E-state index contributed by atoms with van der Waals surface area (Å²) < 4.78 is 22.1. The summed E-state index contributed by atoms with van der Waals surface area (Å²) in [5, 5.41) is 0. The predicted molar refractivity (Wildman–Crippen MR) is 41.8 cm³/mol. The first-order valence-electron chi connectivity index (χ1n) is 5.46. The van der Waals surface area contributed by atoms with Gasteiger partial charge in [0, 0.05) is 22.2 Å². The SMILES string of the molecule is [2H]C([2H])([2H])N1CC2(N)CCC1CC2. The van der Waals surface area contributed by atoms with Crippen molar-refractivity contribution in [2.45, 2.75) is 37.3 Å². The van der Waals surface area contributed by atoms with Gasteiger partial charge in [-0.05, 0) is 32.7 Å². The lowest BCUT2D eigenvalue weighted by atomic mass is 9.75. The molecule has 0 aromatic rings. The van der Waals surface area contributed by atoms with E-state index in [1.54, 1.807) is 4.90 Å². The van der Waals surface area contributed by atoms with Crippen molar-refractivity contribution in [1.82, 2.24) is 4.90 Å². The van der Waals surface area contributed by atoms with Gasteiger partial charge in [0.2, 0.25) is 0 Å². The summed E-state index contributed by atoms with van der Waals surface area (Å²) >= 11 is 0. The van der Waals surface area contributed by atoms with E-state index in [-0.39, 0.29) is 11.6 Å². The minimum Gasteiger partial charge on any atom is -0.324 e. The summed E-state index contributed by atoms with van der Waals surface area (Å²) in [7, 11) is 0. The van der Waals surface area contributed by atoms with Crippen LogP contribution in [0.1, 0.15) is 29.8 Å². The number of hydrogen-bond donors (Lipinski definition) is 1. The lowest BCUT2D eigenvalue weighted by molar-refractivity contribution is 0.0511. The number of hydrogen-bond acceptors (Lipinski definition) is 2. The molecule has 0 spiro atoms. The summed E-state index contributed by atoms with van der Waals surface area (Å²) in [4.78, 5) is 1.61. The van der Waals surface area contributed by atoms with E-state index >= 15 is 0 Å². The fourth-order valence-corrected chi connectivity index (χ4v) is 2.12. The van der Waals surface area contributed by atoms with E-state index in [0.29, 0.717) is 6.54 Å². The van der Waals surface area contributed by atoms with E-state index in [0.717, 1.165) is 25.7 Å². The molecular formula is C8H16N2. The molecule has 3 rings (SSSR count). The molecule has 3 aliphatic rings. The topological polar surface area (TPSA) is 29.3 Å². The molecule has 0 aromatic heterocycles. The van der Waals surface area contributed by atoms with Gasteiger partial charge in [-0.3, -0.25) is 0 Å². The third-order valence-electron chi connectivity index (χ3n) is 2.88. The molecule has 2 aliphatic heterocycles. The maximum atomic E-state index is 7.37. The van der Waals surface area contributed by atoms with Gasteiger partial charge in [0.1, 0.15) is 0 Å². The summed E-state index contributed by atoms with van der Waals surface area (Å²) in [6.45, 7) is -1.40. The van der Waals surface area contributed by atoms with Crippen LogP contribution < -0.4 is 5.73 Å². The molecule has 2 saturated heterocycles. The smallest absolute Gasteiger partial charge is 0.0394 e. The molecule has 3 fully saturated rings. The first-order chi connectivity index (χ1) is 5.91. The Morgan fingerprint density at radius 1 is 1.60 bits per heavy atom. The van der Waals surface area contributed by atoms with Crippen molar-refractivity contribution in [3.8, 4) is 0 Å². The summed E-state index contributed by atoms with van der Waals surface area (Å²) in [5.41, 5.74) is 5.87. The molecule has 10 heavy (non-hydrogen) atoms. The highest BCUT2D eigenvalue weighted by molar-refractivity contribution is 5.00. The molecule has 1 aliphatic carbocycles. The molecule has 2 bridgehead atoms. The Labute approximate surface area is 66.6 Å². The lowest BCUT2D eigenvalue weighted by Gasteiger charge is -2.49. The van der Waals surface area contributed by atoms with Gasteiger partial charge >= 0.3 is 0 Å². The number of nitrogens with two attached hydrogens (primary N) is 1. The molecule has 2 heteroatoms. The molecule has 2 N–H and O–H groups in total. The summed E-state index contributed by atoms with van der Waals surface area (Å²) in [6.07, 6.45) is 3.89. The number of nitrogens with zero attached hydrogens (tertiary/aromatic N) is 1. The Morgan fingerprint density at radius 3 is 2.70 bits per heavy atom. The maximum absolute atomic E-state index is 7.37. The standard InChI is InChI=1S/C8H16N2/c1-10-6-8(9)4-2-7(10)3-5-8/h7H,2-6,9H2,1H3/i1D3. The Balaban J connectivity index is 2.16. The van der Waals surface area contributed by atoms with Gasteiger partial charge in [0.15, 0.2) is 0 Å². The first kappa shape index (κ1) is 4.07. The fourth-order valence-electron chi connectivity index (χ4n) is 2.12. The molecule has 0 radical (unpaired) electrons. The van der Waals surface area contributed by atoms with E-state index in [1.165, 1.54) is 0 Å². The number of piperidine rings is 2. The first-order valence-corrected chi connectivity index (χ1v) is 3.96. The van der Waals surface area contributed by atoms with E-state index < -0.39 is 6.98 Å². The highest BCUT2D eigenvalue weighted by Gasteiger charge is 2.40. The largest absolute Gasteiger partial charge is 0.324 e. The van der Waals surface area contributed by atoms with Crippen LogP contribution >= 0.6 is 0 Å². The normalized spacial score (nSPS) is 53.7. The van der Waals surface area contributed by atoms with Crippen LogP contribution in [0.2, 0.25) is 0 Å². The zero-order valence-electron chi connectivity index (χ0n) is 9.14. The van der Waals surface area contributed by atoms with E-state index in [4.69, 9.17) is 9.85 Å². The van der Waals surface area contributed by atoms with Crippen LogP contribution in [0, 0.1) is 0 Å². The monoisotopic (exact) mass is 143 g/mol. The molecule has 58 valence electrons. The van der Waals surface area contributed by atoms with Gasteiger partial charge in [0.05, 0.1) is 0 Å². The van der Waals surface area contributed by atoms with Crippen LogP contribution in [0.5, 0.6) is 0 Å². The highest BCUT2D eigenvalue weighted by Crippen LogP contribution is 2.35. The summed E-state index contributed by atoms with van der Waals surface area (Å²) in [5.74, 6) is 0. The average molecular weight is 143 g/mol. The van der Waals surface area contributed by atoms with Crippen molar-refractivity contribution in [2.24, 2.45) is 5.73 Å². The third-order valence-corrected chi connectivity index (χ3v) is 2.88. The van der Waals surface area contributed by atoms with E-state index in [9.17, 15) is 0 Å². The maximum Gasteiger partial charge on any atom is 0.0394 e. The second-order valence-electron chi connectivity index (χ2n) is 3.72. The Kier molecular flexibility index (Phi) is 0.796. The minimum atomic E-state index is -1.95. The van der Waals surface area contributed by atoms with Crippen molar-refractivity contribution in [1.29, 1.82) is 0 Å². The number of likely N-dealkylation sites (N-methyl/N-ethyl adjacent to an activating group) is 1. The second kappa shape index (κ2) is 1.95. The zero-order chi connectivity index (χ0) is 9.69. The van der Waals surface area contributed by atoms with Gasteiger partial charge in [-0.1, -0.05) is 0 Å². The van der Waals surface area contributed by atoms with Crippen LogP contribution in [0.4, 0.5) is 0 Å². The molecule has 0 aromatic carbocycles. The van der Waals surface area contributed by atoms with Crippen LogP contribution in [0.3, 0.4) is 0 Å². The zero-order valence-corrected chi connectivity index (χ0v) is 6.14. The second-order valence-corrected chi connectivity index (χ2v) is 3.72. The van der Waals surface area contributed by atoms with Gasteiger partial charge in [0.25, 0.3) is 0 Å². The van der Waals surface area contributed by atoms with Gasteiger partial charge in [-0.25, -0.2) is 0 Å². The van der Waals surface area contributed by atoms with Gasteiger partial charge in [-0.2, -0.15) is 0 Å². The van der Waals surface area contributed by atoms with Gasteiger partial charge < -0.3 is 10.6 Å². The van der Waals surface area contributed by atoms with Crippen molar-refractivity contribution in [2.75, 3.05) is 13.5 Å². The van der Waals surface area contributed by atoms with Crippen LogP contribution in [0.15, 0.2) is 0 Å². The Hall–Kier alpha value is -0.0800. The predicted octanol–water partition coefficient (Wildman–Crippen LogP) is 0.572.